The molecule has 2 spiro atoms. The number of nitrogens with one attached hydrogen (secondary N) is 1. The minimum absolute atomic E-state index is 0.00177. The Kier molecular flexibility index (Phi) is 5.65. The quantitative estimate of drug-likeness (QED) is 0.479. The first-order valence-electron chi connectivity index (χ1n) is 15.8. The van der Waals surface area contributed by atoms with Gasteiger partial charge in [-0.05, 0) is 102 Å². The standard InChI is InChI=1S/C34H49NO4/c1-20-17-22(29(38)35-18-21-9-7-6-8-10-21)39-27-26(20)31(4)15-16-34-19-33(34)14-13-25(36)30(2,3)23(33)11-12-24(34)32(31,5)28(27)37/h6-10,20,22-28,36-37H,11-19H2,1-5H3,(H,35,38). The lowest BCUT2D eigenvalue weighted by atomic mass is 9.41. The largest absolute Gasteiger partial charge is 0.393 e. The molecule has 1 aromatic rings. The van der Waals surface area contributed by atoms with Crippen LogP contribution in [-0.4, -0.2) is 40.5 Å². The van der Waals surface area contributed by atoms with Gasteiger partial charge in [-0.1, -0.05) is 65.0 Å². The number of benzene rings is 1. The van der Waals surface area contributed by atoms with Crippen LogP contribution in [0.15, 0.2) is 30.3 Å². The Morgan fingerprint density at radius 2 is 1.67 bits per heavy atom. The van der Waals surface area contributed by atoms with Crippen molar-refractivity contribution in [3.8, 4) is 0 Å². The zero-order valence-electron chi connectivity index (χ0n) is 24.6. The van der Waals surface area contributed by atoms with Gasteiger partial charge < -0.3 is 20.3 Å². The molecule has 0 bridgehead atoms. The van der Waals surface area contributed by atoms with Crippen LogP contribution in [0.25, 0.3) is 0 Å². The molecule has 1 saturated heterocycles. The molecular formula is C34H49NO4. The molecule has 5 heteroatoms. The summed E-state index contributed by atoms with van der Waals surface area (Å²) in [6, 6.07) is 10.0. The van der Waals surface area contributed by atoms with Crippen LogP contribution in [0.5, 0.6) is 0 Å². The molecule has 1 heterocycles. The van der Waals surface area contributed by atoms with Crippen LogP contribution in [0, 0.1) is 50.7 Å². The van der Waals surface area contributed by atoms with Crippen LogP contribution >= 0.6 is 0 Å². The Labute approximate surface area is 234 Å². The topological polar surface area (TPSA) is 78.8 Å². The summed E-state index contributed by atoms with van der Waals surface area (Å²) < 4.78 is 6.65. The highest BCUT2D eigenvalue weighted by Crippen LogP contribution is 2.89. The van der Waals surface area contributed by atoms with E-state index in [1.807, 2.05) is 30.3 Å². The number of carbonyl (C=O) groups excluding carboxylic acids is 1. The summed E-state index contributed by atoms with van der Waals surface area (Å²) in [6.07, 6.45) is 7.17. The van der Waals surface area contributed by atoms with Crippen molar-refractivity contribution in [1.29, 1.82) is 0 Å². The van der Waals surface area contributed by atoms with Gasteiger partial charge in [-0.15, -0.1) is 0 Å². The third-order valence-corrected chi connectivity index (χ3v) is 14.4. The maximum absolute atomic E-state index is 13.3. The van der Waals surface area contributed by atoms with Crippen molar-refractivity contribution in [1.82, 2.24) is 5.32 Å². The van der Waals surface area contributed by atoms with Crippen LogP contribution in [0.4, 0.5) is 0 Å². The van der Waals surface area contributed by atoms with Crippen LogP contribution in [0.3, 0.4) is 0 Å². The van der Waals surface area contributed by atoms with Gasteiger partial charge >= 0.3 is 0 Å². The number of ether oxygens (including phenoxy) is 1. The first-order valence-corrected chi connectivity index (χ1v) is 15.8. The van der Waals surface area contributed by atoms with Crippen molar-refractivity contribution < 1.29 is 19.7 Å². The molecule has 12 unspecified atom stereocenters. The molecule has 1 amide bonds. The van der Waals surface area contributed by atoms with Crippen molar-refractivity contribution in [3.63, 3.8) is 0 Å². The number of hydrogen-bond donors (Lipinski definition) is 3. The van der Waals surface area contributed by atoms with E-state index in [1.54, 1.807) is 0 Å². The van der Waals surface area contributed by atoms with Gasteiger partial charge in [0, 0.05) is 12.0 Å². The fraction of sp³-hybridized carbons (Fsp3) is 0.794. The minimum atomic E-state index is -0.557. The van der Waals surface area contributed by atoms with E-state index in [-0.39, 0.29) is 40.3 Å². The number of hydrogen-bond acceptors (Lipinski definition) is 4. The van der Waals surface area contributed by atoms with Crippen molar-refractivity contribution >= 4 is 5.91 Å². The minimum Gasteiger partial charge on any atom is -0.393 e. The average Bonchev–Trinajstić information content (AvgIpc) is 3.55. The maximum atomic E-state index is 13.3. The van der Waals surface area contributed by atoms with Crippen LogP contribution in [-0.2, 0) is 16.1 Å². The summed E-state index contributed by atoms with van der Waals surface area (Å²) in [7, 11) is 0. The molecule has 6 fully saturated rings. The predicted molar refractivity (Wildman–Crippen MR) is 150 cm³/mol. The first-order chi connectivity index (χ1) is 18.4. The van der Waals surface area contributed by atoms with Gasteiger partial charge in [0.25, 0.3) is 0 Å². The second-order valence-electron chi connectivity index (χ2n) is 15.7. The van der Waals surface area contributed by atoms with Crippen molar-refractivity contribution in [2.24, 2.45) is 50.7 Å². The lowest BCUT2D eigenvalue weighted by molar-refractivity contribution is -0.182. The summed E-state index contributed by atoms with van der Waals surface area (Å²) in [5.41, 5.74) is 1.46. The fourth-order valence-electron chi connectivity index (χ4n) is 12.4. The number of amides is 1. The SMILES string of the molecule is CC1CC(C(=O)NCc2ccccc2)OC2C1C1(C)CCC34CC35CCC(O)C(C)(C)C5CCC4C1(C)C2O. The fourth-order valence-corrected chi connectivity index (χ4v) is 12.4. The Hall–Kier alpha value is -1.43. The van der Waals surface area contributed by atoms with Crippen molar-refractivity contribution in [2.75, 3.05) is 0 Å². The van der Waals surface area contributed by atoms with Crippen LogP contribution in [0.2, 0.25) is 0 Å². The lowest BCUT2D eigenvalue weighted by Crippen LogP contribution is -2.59. The normalized spacial score (nSPS) is 52.9. The van der Waals surface area contributed by atoms with Gasteiger partial charge in [-0.3, -0.25) is 4.79 Å². The Morgan fingerprint density at radius 1 is 0.974 bits per heavy atom. The van der Waals surface area contributed by atoms with Crippen LogP contribution < -0.4 is 5.32 Å². The maximum Gasteiger partial charge on any atom is 0.249 e. The molecule has 12 atom stereocenters. The van der Waals surface area contributed by atoms with Gasteiger partial charge in [-0.25, -0.2) is 0 Å². The number of aliphatic hydroxyl groups excluding tert-OH is 2. The second kappa shape index (κ2) is 8.32. The second-order valence-corrected chi connectivity index (χ2v) is 15.7. The van der Waals surface area contributed by atoms with Crippen molar-refractivity contribution in [2.45, 2.75) is 117 Å². The summed E-state index contributed by atoms with van der Waals surface area (Å²) in [6.45, 7) is 12.3. The molecule has 1 aromatic carbocycles. The van der Waals surface area contributed by atoms with Gasteiger partial charge in [0.05, 0.1) is 18.3 Å². The zero-order chi connectivity index (χ0) is 27.6. The summed E-state index contributed by atoms with van der Waals surface area (Å²) in [5, 5.41) is 26.3. The molecule has 5 nitrogen and oxygen atoms in total. The molecule has 3 N–H and O–H groups in total. The van der Waals surface area contributed by atoms with Gasteiger partial charge in [0.2, 0.25) is 5.91 Å². The molecule has 214 valence electrons. The molecule has 0 aromatic heterocycles. The summed E-state index contributed by atoms with van der Waals surface area (Å²) in [5.74, 6) is 1.59. The van der Waals surface area contributed by atoms with E-state index < -0.39 is 12.2 Å². The van der Waals surface area contributed by atoms with E-state index in [9.17, 15) is 15.0 Å². The molecule has 0 radical (unpaired) electrons. The summed E-state index contributed by atoms with van der Waals surface area (Å²) >= 11 is 0. The number of carbonyl (C=O) groups is 1. The average molecular weight is 536 g/mol. The van der Waals surface area contributed by atoms with Crippen molar-refractivity contribution in [3.05, 3.63) is 35.9 Å². The number of fused-ring (bicyclic) bond motifs is 4. The lowest BCUT2D eigenvalue weighted by Gasteiger charge is -2.63. The number of aliphatic hydroxyl groups is 2. The predicted octanol–water partition coefficient (Wildman–Crippen LogP) is 5.48. The Morgan fingerprint density at radius 3 is 2.41 bits per heavy atom. The third kappa shape index (κ3) is 3.16. The first kappa shape index (κ1) is 26.5. The van der Waals surface area contributed by atoms with Gasteiger partial charge in [0.15, 0.2) is 0 Å². The monoisotopic (exact) mass is 535 g/mol. The smallest absolute Gasteiger partial charge is 0.249 e. The molecule has 6 aliphatic rings. The molecule has 1 aliphatic heterocycles. The molecular weight excluding hydrogens is 486 g/mol. The molecule has 39 heavy (non-hydrogen) atoms. The van der Waals surface area contributed by atoms with Gasteiger partial charge in [-0.2, -0.15) is 0 Å². The Balaban J connectivity index is 1.16. The van der Waals surface area contributed by atoms with E-state index in [0.29, 0.717) is 41.5 Å². The molecule has 5 saturated carbocycles. The third-order valence-electron chi connectivity index (χ3n) is 14.4. The van der Waals surface area contributed by atoms with E-state index in [4.69, 9.17) is 4.74 Å². The van der Waals surface area contributed by atoms with Crippen LogP contribution in [0.1, 0.15) is 91.5 Å². The molecule has 7 rings (SSSR count). The van der Waals surface area contributed by atoms with E-state index in [1.165, 1.54) is 12.8 Å². The highest BCUT2D eigenvalue weighted by atomic mass is 16.5. The highest BCUT2D eigenvalue weighted by Gasteiger charge is 2.84. The van der Waals surface area contributed by atoms with E-state index in [2.05, 4.69) is 39.9 Å². The highest BCUT2D eigenvalue weighted by molar-refractivity contribution is 5.81. The molecule has 5 aliphatic carbocycles. The summed E-state index contributed by atoms with van der Waals surface area (Å²) in [4.78, 5) is 13.3. The van der Waals surface area contributed by atoms with Gasteiger partial charge in [0.1, 0.15) is 6.10 Å². The van der Waals surface area contributed by atoms with E-state index >= 15 is 0 Å². The van der Waals surface area contributed by atoms with E-state index in [0.717, 1.165) is 37.7 Å². The number of rotatable bonds is 3. The Bertz CT molecular complexity index is 1150. The zero-order valence-corrected chi connectivity index (χ0v) is 24.6.